The number of rotatable bonds is 7. The molecule has 2 aliphatic rings. The molecule has 0 spiro atoms. The van der Waals surface area contributed by atoms with E-state index >= 15 is 0 Å². The molecule has 1 N–H and O–H groups in total. The van der Waals surface area contributed by atoms with Gasteiger partial charge in [-0.2, -0.15) is 0 Å². The van der Waals surface area contributed by atoms with E-state index in [0.29, 0.717) is 54.1 Å². The largest absolute Gasteiger partial charge is 0.495 e. The van der Waals surface area contributed by atoms with Gasteiger partial charge in [0.25, 0.3) is 17.4 Å². The van der Waals surface area contributed by atoms with Crippen molar-refractivity contribution in [3.8, 4) is 11.4 Å². The SMILES string of the molecule is COCc1[nH]n(-c2ccc(Cl)c(Cl)c2)c(=O)c1C1=C(N2CCOCC2)C(=O)N(c2cc(C)ccc2OC)C1=O. The second-order valence-electron chi connectivity index (χ2n) is 9.08. The minimum atomic E-state index is -0.639. The summed E-state index contributed by atoms with van der Waals surface area (Å²) in [4.78, 5) is 45.1. The number of hydrogen-bond donors (Lipinski definition) is 1. The lowest BCUT2D eigenvalue weighted by Gasteiger charge is -2.29. The van der Waals surface area contributed by atoms with Crippen LogP contribution in [0, 0.1) is 6.92 Å². The van der Waals surface area contributed by atoms with E-state index in [4.69, 9.17) is 37.4 Å². The number of anilines is 1. The second kappa shape index (κ2) is 10.9. The van der Waals surface area contributed by atoms with Crippen molar-refractivity contribution < 1.29 is 23.8 Å². The predicted octanol–water partition coefficient (Wildman–Crippen LogP) is 3.55. The Labute approximate surface area is 234 Å². The van der Waals surface area contributed by atoms with Crippen LogP contribution in [0.3, 0.4) is 0 Å². The number of H-pyrrole nitrogens is 1. The minimum absolute atomic E-state index is 0.0161. The number of benzene rings is 2. The highest BCUT2D eigenvalue weighted by Gasteiger charge is 2.46. The number of nitrogens with zero attached hydrogens (tertiary/aromatic N) is 3. The number of hydrogen-bond acceptors (Lipinski definition) is 7. The first-order chi connectivity index (χ1) is 18.8. The molecule has 1 fully saturated rings. The molecule has 1 aromatic heterocycles. The van der Waals surface area contributed by atoms with Crippen LogP contribution < -0.4 is 15.2 Å². The number of halogens is 2. The molecule has 0 bridgehead atoms. The van der Waals surface area contributed by atoms with E-state index in [1.165, 1.54) is 25.0 Å². The van der Waals surface area contributed by atoms with Crippen LogP contribution in [0.1, 0.15) is 16.8 Å². The van der Waals surface area contributed by atoms with Crippen LogP contribution in [-0.2, 0) is 25.7 Å². The second-order valence-corrected chi connectivity index (χ2v) is 9.90. The maximum absolute atomic E-state index is 14.2. The third-order valence-corrected chi connectivity index (χ3v) is 7.37. The summed E-state index contributed by atoms with van der Waals surface area (Å²) in [5.74, 6) is -0.838. The Bertz CT molecular complexity index is 1550. The molecule has 2 aliphatic heterocycles. The van der Waals surface area contributed by atoms with Crippen molar-refractivity contribution in [2.45, 2.75) is 13.5 Å². The highest BCUT2D eigenvalue weighted by Crippen LogP contribution is 2.39. The van der Waals surface area contributed by atoms with Gasteiger partial charge in [0.05, 0.1) is 65.2 Å². The summed E-state index contributed by atoms with van der Waals surface area (Å²) in [6.07, 6.45) is 0. The lowest BCUT2D eigenvalue weighted by molar-refractivity contribution is -0.121. The van der Waals surface area contributed by atoms with Crippen LogP contribution in [0.25, 0.3) is 11.3 Å². The summed E-state index contributed by atoms with van der Waals surface area (Å²) in [6.45, 7) is 3.33. The number of aromatic amines is 1. The third kappa shape index (κ3) is 4.74. The summed E-state index contributed by atoms with van der Waals surface area (Å²) < 4.78 is 17.6. The van der Waals surface area contributed by atoms with E-state index < -0.39 is 17.4 Å². The van der Waals surface area contributed by atoms with Crippen molar-refractivity contribution >= 4 is 46.3 Å². The number of aromatic nitrogens is 2. The molecule has 3 heterocycles. The van der Waals surface area contributed by atoms with E-state index in [2.05, 4.69) is 5.10 Å². The Kier molecular flexibility index (Phi) is 7.55. The normalized spacial score (nSPS) is 16.0. The molecule has 0 saturated carbocycles. The van der Waals surface area contributed by atoms with Gasteiger partial charge in [-0.1, -0.05) is 29.3 Å². The molecule has 204 valence electrons. The number of aryl methyl sites for hydroxylation is 1. The molecule has 3 aromatic rings. The smallest absolute Gasteiger partial charge is 0.282 e. The Balaban J connectivity index is 1.74. The first-order valence-corrected chi connectivity index (χ1v) is 12.9. The number of carbonyl (C=O) groups is 2. The lowest BCUT2D eigenvalue weighted by atomic mass is 10.0. The van der Waals surface area contributed by atoms with Crippen molar-refractivity contribution in [1.82, 2.24) is 14.7 Å². The molecule has 0 atom stereocenters. The monoisotopic (exact) mass is 572 g/mol. The molecule has 0 unspecified atom stereocenters. The van der Waals surface area contributed by atoms with E-state index in [0.717, 1.165) is 10.5 Å². The number of methoxy groups -OCH3 is 2. The van der Waals surface area contributed by atoms with Gasteiger partial charge in [0, 0.05) is 20.2 Å². The molecule has 2 amide bonds. The van der Waals surface area contributed by atoms with Gasteiger partial charge in [0.15, 0.2) is 0 Å². The van der Waals surface area contributed by atoms with Gasteiger partial charge in [-0.25, -0.2) is 9.58 Å². The summed E-state index contributed by atoms with van der Waals surface area (Å²) in [5, 5.41) is 3.61. The maximum Gasteiger partial charge on any atom is 0.282 e. The first kappa shape index (κ1) is 27.0. The molecule has 2 aromatic carbocycles. The summed E-state index contributed by atoms with van der Waals surface area (Å²) in [7, 11) is 2.94. The molecule has 12 heteroatoms. The van der Waals surface area contributed by atoms with Crippen LogP contribution in [0.15, 0.2) is 46.9 Å². The zero-order valence-corrected chi connectivity index (χ0v) is 23.1. The summed E-state index contributed by atoms with van der Waals surface area (Å²) in [5.41, 5.74) is 1.46. The lowest BCUT2D eigenvalue weighted by Crippen LogP contribution is -2.40. The molecule has 39 heavy (non-hydrogen) atoms. The average molecular weight is 573 g/mol. The Morgan fingerprint density at radius 3 is 2.38 bits per heavy atom. The fraction of sp³-hybridized carbons (Fsp3) is 0.296. The van der Waals surface area contributed by atoms with E-state index in [-0.39, 0.29) is 28.5 Å². The number of nitrogens with one attached hydrogen (secondary N) is 1. The molecule has 0 radical (unpaired) electrons. The standard InChI is InChI=1S/C27H26Cl2N4O6/c1-15-4-7-21(38-3)20(12-15)32-25(34)23(24(27(32)36)31-8-10-39-11-9-31)22-19(14-37-2)30-33(26(22)35)16-5-6-17(28)18(29)13-16/h4-7,12-13,30H,8-11,14H2,1-3H3. The summed E-state index contributed by atoms with van der Waals surface area (Å²) in [6, 6.07) is 9.94. The number of carbonyl (C=O) groups excluding carboxylic acids is 2. The summed E-state index contributed by atoms with van der Waals surface area (Å²) >= 11 is 12.3. The van der Waals surface area contributed by atoms with Crippen LogP contribution in [-0.4, -0.2) is 67.0 Å². The van der Waals surface area contributed by atoms with Gasteiger partial charge in [-0.3, -0.25) is 19.5 Å². The van der Waals surface area contributed by atoms with E-state index in [9.17, 15) is 14.4 Å². The van der Waals surface area contributed by atoms with Crippen LogP contribution >= 0.6 is 23.2 Å². The number of morpholine rings is 1. The Hall–Kier alpha value is -3.57. The quantitative estimate of drug-likeness (QED) is 0.431. The minimum Gasteiger partial charge on any atom is -0.495 e. The van der Waals surface area contributed by atoms with Gasteiger partial charge in [0.1, 0.15) is 11.4 Å². The van der Waals surface area contributed by atoms with Crippen molar-refractivity contribution in [2.24, 2.45) is 0 Å². The zero-order chi connectivity index (χ0) is 27.8. The van der Waals surface area contributed by atoms with Crippen LogP contribution in [0.4, 0.5) is 5.69 Å². The van der Waals surface area contributed by atoms with Crippen LogP contribution in [0.2, 0.25) is 10.0 Å². The Morgan fingerprint density at radius 1 is 0.974 bits per heavy atom. The fourth-order valence-corrected chi connectivity index (χ4v) is 5.10. The number of imide groups is 1. The van der Waals surface area contributed by atoms with Gasteiger partial charge in [-0.15, -0.1) is 0 Å². The molecule has 1 saturated heterocycles. The van der Waals surface area contributed by atoms with Gasteiger partial charge in [-0.05, 0) is 42.8 Å². The molecule has 0 aliphatic carbocycles. The van der Waals surface area contributed by atoms with Crippen molar-refractivity contribution in [2.75, 3.05) is 45.4 Å². The molecular weight excluding hydrogens is 547 g/mol. The predicted molar refractivity (Wildman–Crippen MR) is 147 cm³/mol. The van der Waals surface area contributed by atoms with Gasteiger partial charge < -0.3 is 19.1 Å². The maximum atomic E-state index is 14.2. The first-order valence-electron chi connectivity index (χ1n) is 12.2. The van der Waals surface area contributed by atoms with Gasteiger partial charge in [0.2, 0.25) is 0 Å². The molecule has 5 rings (SSSR count). The zero-order valence-electron chi connectivity index (χ0n) is 21.5. The van der Waals surface area contributed by atoms with Gasteiger partial charge >= 0.3 is 0 Å². The van der Waals surface area contributed by atoms with E-state index in [1.807, 2.05) is 13.0 Å². The van der Waals surface area contributed by atoms with E-state index in [1.54, 1.807) is 29.2 Å². The van der Waals surface area contributed by atoms with Crippen molar-refractivity contribution in [3.05, 3.63) is 79.3 Å². The third-order valence-electron chi connectivity index (χ3n) is 6.63. The number of amides is 2. The number of ether oxygens (including phenoxy) is 3. The highest BCUT2D eigenvalue weighted by atomic mass is 35.5. The van der Waals surface area contributed by atoms with Crippen LogP contribution in [0.5, 0.6) is 5.75 Å². The Morgan fingerprint density at radius 2 is 1.72 bits per heavy atom. The molecule has 10 nitrogen and oxygen atoms in total. The fourth-order valence-electron chi connectivity index (χ4n) is 4.81. The average Bonchev–Trinajstić information content (AvgIpc) is 3.37. The van der Waals surface area contributed by atoms with Crippen molar-refractivity contribution in [3.63, 3.8) is 0 Å². The molecular formula is C27H26Cl2N4O6. The highest BCUT2D eigenvalue weighted by molar-refractivity contribution is 6.46. The van der Waals surface area contributed by atoms with Crippen molar-refractivity contribution in [1.29, 1.82) is 0 Å². The topological polar surface area (TPSA) is 106 Å².